The van der Waals surface area contributed by atoms with E-state index in [1.165, 1.54) is 12.8 Å². The third-order valence-corrected chi connectivity index (χ3v) is 3.92. The number of piperidine rings is 1. The number of likely N-dealkylation sites (tertiary alicyclic amines) is 1. The topological polar surface area (TPSA) is 44.1 Å². The molecule has 1 aromatic rings. The molecule has 3 heteroatoms. The van der Waals surface area contributed by atoms with Gasteiger partial charge in [0.1, 0.15) is 0 Å². The number of nitriles is 1. The highest BCUT2D eigenvalue weighted by molar-refractivity contribution is 5.94. The van der Waals surface area contributed by atoms with Crippen molar-refractivity contribution in [3.05, 3.63) is 46.5 Å². The molecule has 0 bridgehead atoms. The second-order valence-corrected chi connectivity index (χ2v) is 5.19. The van der Waals surface area contributed by atoms with Crippen molar-refractivity contribution >= 4 is 5.91 Å². The van der Waals surface area contributed by atoms with Crippen molar-refractivity contribution in [1.82, 2.24) is 4.90 Å². The van der Waals surface area contributed by atoms with Gasteiger partial charge in [0.2, 0.25) is 0 Å². The quantitative estimate of drug-likeness (QED) is 0.721. The molecule has 0 atom stereocenters. The van der Waals surface area contributed by atoms with E-state index in [9.17, 15) is 4.79 Å². The molecule has 0 radical (unpaired) electrons. The van der Waals surface area contributed by atoms with E-state index in [1.54, 1.807) is 35.4 Å². The zero-order chi connectivity index (χ0) is 13.2. The summed E-state index contributed by atoms with van der Waals surface area (Å²) in [4.78, 5) is 14.2. The summed E-state index contributed by atoms with van der Waals surface area (Å²) in [5, 5.41) is 8.75. The molecule has 19 heavy (non-hydrogen) atoms. The number of carbonyl (C=O) groups is 1. The van der Waals surface area contributed by atoms with Crippen LogP contribution in [0.2, 0.25) is 0 Å². The van der Waals surface area contributed by atoms with Crippen LogP contribution in [-0.4, -0.2) is 23.9 Å². The van der Waals surface area contributed by atoms with Gasteiger partial charge in [0.25, 0.3) is 5.91 Å². The molecule has 2 aliphatic rings. The van der Waals surface area contributed by atoms with E-state index >= 15 is 0 Å². The average molecular weight is 252 g/mol. The number of carbonyl (C=O) groups excluding carboxylic acids is 1. The standard InChI is InChI=1S/C16H16N2O/c17-11-12-1-3-15(4-2-12)16(19)18-9-7-14(8-10-18)13-5-6-13/h1-4H,5-10H2. The average Bonchev–Trinajstić information content (AvgIpc) is 3.31. The Morgan fingerprint density at radius 1 is 1.00 bits per heavy atom. The Bertz CT molecular complexity index is 562. The van der Waals surface area contributed by atoms with E-state index in [2.05, 4.69) is 6.07 Å². The molecular formula is C16H16N2O. The number of amides is 1. The molecular weight excluding hydrogens is 236 g/mol. The lowest BCUT2D eigenvalue weighted by Gasteiger charge is -2.28. The number of rotatable bonds is 1. The lowest BCUT2D eigenvalue weighted by molar-refractivity contribution is 0.0743. The molecule has 96 valence electrons. The predicted octanol–water partition coefficient (Wildman–Crippen LogP) is 2.88. The fraction of sp³-hybridized carbons (Fsp3) is 0.375. The van der Waals surface area contributed by atoms with E-state index in [4.69, 9.17) is 5.26 Å². The summed E-state index contributed by atoms with van der Waals surface area (Å²) in [6.45, 7) is 1.66. The van der Waals surface area contributed by atoms with Crippen LogP contribution in [-0.2, 0) is 0 Å². The third kappa shape index (κ3) is 2.53. The van der Waals surface area contributed by atoms with Crippen molar-refractivity contribution in [2.75, 3.05) is 13.1 Å². The Hall–Kier alpha value is -2.08. The van der Waals surface area contributed by atoms with E-state index in [-0.39, 0.29) is 5.91 Å². The zero-order valence-electron chi connectivity index (χ0n) is 10.9. The summed E-state index contributed by atoms with van der Waals surface area (Å²) < 4.78 is 0. The van der Waals surface area contributed by atoms with Gasteiger partial charge in [0, 0.05) is 18.7 Å². The van der Waals surface area contributed by atoms with Crippen LogP contribution < -0.4 is 0 Å². The van der Waals surface area contributed by atoms with Gasteiger partial charge in [-0.1, -0.05) is 11.1 Å². The number of hydrogen-bond acceptors (Lipinski definition) is 2. The first-order valence-corrected chi connectivity index (χ1v) is 6.77. The van der Waals surface area contributed by atoms with E-state index in [0.29, 0.717) is 11.1 Å². The smallest absolute Gasteiger partial charge is 0.253 e. The van der Waals surface area contributed by atoms with Gasteiger partial charge in [0.15, 0.2) is 0 Å². The highest BCUT2D eigenvalue weighted by Gasteiger charge is 2.24. The van der Waals surface area contributed by atoms with E-state index in [1.807, 2.05) is 4.90 Å². The summed E-state index contributed by atoms with van der Waals surface area (Å²) in [5.74, 6) is 0.0873. The molecule has 1 aliphatic heterocycles. The first-order valence-electron chi connectivity index (χ1n) is 6.77. The van der Waals surface area contributed by atoms with Crippen molar-refractivity contribution in [2.24, 2.45) is 0 Å². The Kier molecular flexibility index (Phi) is 3.08. The van der Waals surface area contributed by atoms with Gasteiger partial charge in [-0.15, -0.1) is 0 Å². The minimum atomic E-state index is 0.0873. The highest BCUT2D eigenvalue weighted by Crippen LogP contribution is 2.36. The van der Waals surface area contributed by atoms with Crippen LogP contribution in [0, 0.1) is 11.3 Å². The number of benzene rings is 1. The van der Waals surface area contributed by atoms with Gasteiger partial charge in [0.05, 0.1) is 11.6 Å². The molecule has 1 amide bonds. The van der Waals surface area contributed by atoms with Crippen molar-refractivity contribution in [3.8, 4) is 6.07 Å². The summed E-state index contributed by atoms with van der Waals surface area (Å²) in [5.41, 5.74) is 4.49. The molecule has 1 aliphatic carbocycles. The largest absolute Gasteiger partial charge is 0.338 e. The molecule has 1 heterocycles. The van der Waals surface area contributed by atoms with Gasteiger partial charge in [-0.25, -0.2) is 0 Å². The summed E-state index contributed by atoms with van der Waals surface area (Å²) in [7, 11) is 0. The van der Waals surface area contributed by atoms with Crippen LogP contribution in [0.25, 0.3) is 0 Å². The predicted molar refractivity (Wildman–Crippen MR) is 72.6 cm³/mol. The molecule has 3 rings (SSSR count). The van der Waals surface area contributed by atoms with Crippen molar-refractivity contribution in [1.29, 1.82) is 5.26 Å². The maximum atomic E-state index is 12.3. The fourth-order valence-corrected chi connectivity index (χ4v) is 2.62. The van der Waals surface area contributed by atoms with Gasteiger partial charge < -0.3 is 4.90 Å². The van der Waals surface area contributed by atoms with E-state index < -0.39 is 0 Å². The first kappa shape index (κ1) is 12.0. The van der Waals surface area contributed by atoms with Crippen LogP contribution in [0.3, 0.4) is 0 Å². The van der Waals surface area contributed by atoms with Crippen LogP contribution in [0.4, 0.5) is 0 Å². The van der Waals surface area contributed by atoms with Crippen LogP contribution >= 0.6 is 0 Å². The molecule has 1 aromatic carbocycles. The van der Waals surface area contributed by atoms with Crippen LogP contribution in [0.15, 0.2) is 35.4 Å². The maximum Gasteiger partial charge on any atom is 0.253 e. The summed E-state index contributed by atoms with van der Waals surface area (Å²) in [6, 6.07) is 8.96. The van der Waals surface area contributed by atoms with Crippen molar-refractivity contribution < 1.29 is 4.79 Å². The molecule has 0 N–H and O–H groups in total. The van der Waals surface area contributed by atoms with Crippen molar-refractivity contribution in [2.45, 2.75) is 25.7 Å². The number of nitrogens with zero attached hydrogens (tertiary/aromatic N) is 2. The maximum absolute atomic E-state index is 12.3. The molecule has 0 aromatic heterocycles. The number of hydrogen-bond donors (Lipinski definition) is 0. The molecule has 1 saturated carbocycles. The zero-order valence-corrected chi connectivity index (χ0v) is 10.9. The third-order valence-electron chi connectivity index (χ3n) is 3.92. The van der Waals surface area contributed by atoms with Crippen LogP contribution in [0.1, 0.15) is 41.6 Å². The van der Waals surface area contributed by atoms with Gasteiger partial charge in [-0.3, -0.25) is 4.79 Å². The normalized spacial score (nSPS) is 18.2. The Balaban J connectivity index is 1.67. The molecule has 1 saturated heterocycles. The molecule has 3 nitrogen and oxygen atoms in total. The molecule has 2 fully saturated rings. The Labute approximate surface area is 113 Å². The Morgan fingerprint density at radius 3 is 2.11 bits per heavy atom. The second-order valence-electron chi connectivity index (χ2n) is 5.19. The van der Waals surface area contributed by atoms with Gasteiger partial charge in [-0.2, -0.15) is 5.26 Å². The molecule has 0 spiro atoms. The minimum absolute atomic E-state index is 0.0873. The number of allylic oxidation sites excluding steroid dienone is 1. The highest BCUT2D eigenvalue weighted by atomic mass is 16.2. The van der Waals surface area contributed by atoms with E-state index in [0.717, 1.165) is 25.9 Å². The SMILES string of the molecule is N#Cc1ccc(C(=O)N2CCC(=C3CC3)CC2)cc1. The van der Waals surface area contributed by atoms with Gasteiger partial charge >= 0.3 is 0 Å². The lowest BCUT2D eigenvalue weighted by atomic mass is 10.0. The van der Waals surface area contributed by atoms with Crippen molar-refractivity contribution in [3.63, 3.8) is 0 Å². The monoisotopic (exact) mass is 252 g/mol. The molecule has 0 unspecified atom stereocenters. The van der Waals surface area contributed by atoms with Crippen LogP contribution in [0.5, 0.6) is 0 Å². The Morgan fingerprint density at radius 2 is 1.58 bits per heavy atom. The first-order chi connectivity index (χ1) is 9.28. The fourth-order valence-electron chi connectivity index (χ4n) is 2.62. The lowest BCUT2D eigenvalue weighted by Crippen LogP contribution is -2.36. The summed E-state index contributed by atoms with van der Waals surface area (Å²) in [6.07, 6.45) is 4.63. The summed E-state index contributed by atoms with van der Waals surface area (Å²) >= 11 is 0. The second kappa shape index (κ2) is 4.89. The van der Waals surface area contributed by atoms with Gasteiger partial charge in [-0.05, 0) is 49.9 Å². The minimum Gasteiger partial charge on any atom is -0.338 e.